The number of ether oxygens (including phenoxy) is 2. The largest absolute Gasteiger partial charge is 0.465 e. The topological polar surface area (TPSA) is 70.4 Å². The van der Waals surface area contributed by atoms with Crippen molar-refractivity contribution >= 4 is 57.9 Å². The Kier molecular flexibility index (Phi) is 6.41. The molecule has 0 saturated heterocycles. The molecule has 4 rings (SSSR count). The van der Waals surface area contributed by atoms with E-state index in [1.54, 1.807) is 47.0 Å². The van der Waals surface area contributed by atoms with E-state index in [0.29, 0.717) is 31.8 Å². The van der Waals surface area contributed by atoms with Crippen LogP contribution in [0.5, 0.6) is 0 Å². The molecule has 0 aliphatic carbocycles. The zero-order valence-corrected chi connectivity index (χ0v) is 19.3. The van der Waals surface area contributed by atoms with Gasteiger partial charge >= 0.3 is 11.9 Å². The average molecular weight is 487 g/mol. The number of rotatable bonds is 5. The Bertz CT molecular complexity index is 1320. The Morgan fingerprint density at radius 2 is 1.44 bits per heavy atom. The van der Waals surface area contributed by atoms with E-state index in [9.17, 15) is 9.59 Å². The van der Waals surface area contributed by atoms with Crippen molar-refractivity contribution in [2.75, 3.05) is 14.2 Å². The molecular formula is C23H16Cl2N2O4S. The molecule has 0 aliphatic rings. The van der Waals surface area contributed by atoms with Gasteiger partial charge in [0.1, 0.15) is 21.8 Å². The first kappa shape index (κ1) is 22.2. The van der Waals surface area contributed by atoms with Crippen molar-refractivity contribution < 1.29 is 19.1 Å². The Labute approximate surface area is 198 Å². The summed E-state index contributed by atoms with van der Waals surface area (Å²) in [5.74, 6) is -1.38. The molecule has 0 fully saturated rings. The number of carbonyl (C=O) groups excluding carboxylic acids is 2. The van der Waals surface area contributed by atoms with Crippen LogP contribution < -0.4 is 0 Å². The van der Waals surface area contributed by atoms with Gasteiger partial charge in [-0.25, -0.2) is 14.6 Å². The van der Waals surface area contributed by atoms with Gasteiger partial charge in [-0.05, 0) is 60.7 Å². The number of pyridine rings is 1. The summed E-state index contributed by atoms with van der Waals surface area (Å²) in [7, 11) is 2.50. The number of methoxy groups -OCH3 is 2. The van der Waals surface area contributed by atoms with Crippen LogP contribution in [0.1, 0.15) is 20.8 Å². The van der Waals surface area contributed by atoms with Crippen LogP contribution in [0.2, 0.25) is 10.0 Å². The molecule has 2 heterocycles. The average Bonchev–Trinajstić information content (AvgIpc) is 3.14. The fraction of sp³-hybridized carbons (Fsp3) is 0.0870. The van der Waals surface area contributed by atoms with Crippen molar-refractivity contribution in [2.45, 2.75) is 9.92 Å². The van der Waals surface area contributed by atoms with Crippen LogP contribution in [0.4, 0.5) is 0 Å². The fourth-order valence-corrected chi connectivity index (χ4v) is 4.31. The number of hydrogen-bond acceptors (Lipinski definition) is 6. The molecule has 162 valence electrons. The molecule has 0 saturated carbocycles. The molecule has 0 bridgehead atoms. The van der Waals surface area contributed by atoms with Crippen molar-refractivity contribution in [1.29, 1.82) is 0 Å². The van der Waals surface area contributed by atoms with Crippen LogP contribution in [-0.2, 0) is 9.47 Å². The molecule has 0 radical (unpaired) electrons. The van der Waals surface area contributed by atoms with Gasteiger partial charge in [-0.3, -0.25) is 0 Å². The SMILES string of the molecule is COC(=O)c1c(C(=O)OC)n(-c2ccc(Cl)cc2)c2ccc(Sc3ccc(Cl)cc3)nc12. The summed E-state index contributed by atoms with van der Waals surface area (Å²) in [6.07, 6.45) is 0. The highest BCUT2D eigenvalue weighted by molar-refractivity contribution is 7.99. The molecule has 4 aromatic rings. The van der Waals surface area contributed by atoms with Crippen molar-refractivity contribution in [3.63, 3.8) is 0 Å². The minimum Gasteiger partial charge on any atom is -0.465 e. The normalized spacial score (nSPS) is 10.9. The first-order valence-electron chi connectivity index (χ1n) is 9.34. The molecule has 6 nitrogen and oxygen atoms in total. The van der Waals surface area contributed by atoms with Crippen LogP contribution in [0.15, 0.2) is 70.6 Å². The van der Waals surface area contributed by atoms with Crippen LogP contribution in [-0.4, -0.2) is 35.7 Å². The highest BCUT2D eigenvalue weighted by atomic mass is 35.5. The summed E-state index contributed by atoms with van der Waals surface area (Å²) in [6.45, 7) is 0. The second-order valence-corrected chi connectivity index (χ2v) is 8.56. The van der Waals surface area contributed by atoms with Crippen molar-refractivity contribution in [1.82, 2.24) is 9.55 Å². The molecule has 0 unspecified atom stereocenters. The molecule has 0 aliphatic heterocycles. The third-order valence-electron chi connectivity index (χ3n) is 4.68. The fourth-order valence-electron chi connectivity index (χ4n) is 3.27. The molecule has 9 heteroatoms. The quantitative estimate of drug-likeness (QED) is 0.319. The summed E-state index contributed by atoms with van der Waals surface area (Å²) in [4.78, 5) is 31.1. The second kappa shape index (κ2) is 9.24. The number of fused-ring (bicyclic) bond motifs is 1. The molecule has 2 aromatic carbocycles. The summed E-state index contributed by atoms with van der Waals surface area (Å²) < 4.78 is 11.6. The first-order valence-corrected chi connectivity index (χ1v) is 10.9. The van der Waals surface area contributed by atoms with Gasteiger partial charge in [0.25, 0.3) is 0 Å². The van der Waals surface area contributed by atoms with Crippen molar-refractivity contribution in [3.8, 4) is 5.69 Å². The highest BCUT2D eigenvalue weighted by Gasteiger charge is 2.30. The molecular weight excluding hydrogens is 471 g/mol. The molecule has 0 atom stereocenters. The van der Waals surface area contributed by atoms with Crippen molar-refractivity contribution in [3.05, 3.63) is 82.0 Å². The van der Waals surface area contributed by atoms with E-state index in [1.807, 2.05) is 18.2 Å². The Morgan fingerprint density at radius 3 is 2.03 bits per heavy atom. The molecule has 0 N–H and O–H groups in total. The lowest BCUT2D eigenvalue weighted by Crippen LogP contribution is -2.15. The van der Waals surface area contributed by atoms with Crippen LogP contribution >= 0.6 is 35.0 Å². The smallest absolute Gasteiger partial charge is 0.356 e. The number of esters is 2. The van der Waals surface area contributed by atoms with Crippen LogP contribution in [0.3, 0.4) is 0 Å². The van der Waals surface area contributed by atoms with Gasteiger partial charge in [0.15, 0.2) is 0 Å². The summed E-state index contributed by atoms with van der Waals surface area (Å²) in [5.41, 5.74) is 1.55. The Morgan fingerprint density at radius 1 is 0.844 bits per heavy atom. The van der Waals surface area contributed by atoms with E-state index in [1.165, 1.54) is 26.0 Å². The third kappa shape index (κ3) is 4.19. The monoisotopic (exact) mass is 486 g/mol. The molecule has 0 spiro atoms. The predicted molar refractivity (Wildman–Crippen MR) is 124 cm³/mol. The van der Waals surface area contributed by atoms with E-state index in [4.69, 9.17) is 32.7 Å². The standard InChI is InChI=1S/C23H16Cl2N2O4S/c1-30-22(28)19-20-17(11-12-18(26-20)32-16-9-5-14(25)6-10-16)27(21(19)23(29)31-2)15-7-3-13(24)4-8-15/h3-12H,1-2H3. The zero-order valence-electron chi connectivity index (χ0n) is 17.0. The molecule has 2 aromatic heterocycles. The second-order valence-electron chi connectivity index (χ2n) is 6.59. The lowest BCUT2D eigenvalue weighted by atomic mass is 10.2. The maximum absolute atomic E-state index is 12.8. The van der Waals surface area contributed by atoms with Gasteiger partial charge in [0, 0.05) is 20.6 Å². The summed E-state index contributed by atoms with van der Waals surface area (Å²) in [5, 5.41) is 1.81. The summed E-state index contributed by atoms with van der Waals surface area (Å²) in [6, 6.07) is 17.8. The number of halogens is 2. The van der Waals surface area contributed by atoms with E-state index >= 15 is 0 Å². The third-order valence-corrected chi connectivity index (χ3v) is 6.12. The van der Waals surface area contributed by atoms with E-state index in [-0.39, 0.29) is 11.3 Å². The Hall–Kier alpha value is -3.00. The van der Waals surface area contributed by atoms with Gasteiger partial charge in [0.2, 0.25) is 0 Å². The van der Waals surface area contributed by atoms with Gasteiger partial charge in [0.05, 0.1) is 19.7 Å². The highest BCUT2D eigenvalue weighted by Crippen LogP contribution is 2.34. The number of benzene rings is 2. The van der Waals surface area contributed by atoms with Crippen molar-refractivity contribution in [2.24, 2.45) is 0 Å². The minimum absolute atomic E-state index is 0.0258. The number of hydrogen-bond donors (Lipinski definition) is 0. The van der Waals surface area contributed by atoms with Gasteiger partial charge in [-0.2, -0.15) is 0 Å². The van der Waals surface area contributed by atoms with E-state index in [0.717, 1.165) is 4.90 Å². The van der Waals surface area contributed by atoms with Gasteiger partial charge < -0.3 is 14.0 Å². The van der Waals surface area contributed by atoms with Gasteiger partial charge in [-0.1, -0.05) is 35.0 Å². The van der Waals surface area contributed by atoms with Crippen LogP contribution in [0.25, 0.3) is 16.7 Å². The maximum atomic E-state index is 12.8. The molecule has 0 amide bonds. The lowest BCUT2D eigenvalue weighted by molar-refractivity contribution is 0.0551. The number of nitrogens with zero attached hydrogens (tertiary/aromatic N) is 2. The maximum Gasteiger partial charge on any atom is 0.356 e. The number of aromatic nitrogens is 2. The molecule has 32 heavy (non-hydrogen) atoms. The summed E-state index contributed by atoms with van der Waals surface area (Å²) >= 11 is 13.4. The van der Waals surface area contributed by atoms with E-state index < -0.39 is 11.9 Å². The number of carbonyl (C=O) groups is 2. The first-order chi connectivity index (χ1) is 15.4. The predicted octanol–water partition coefficient (Wildman–Crippen LogP) is 6.06. The van der Waals surface area contributed by atoms with Gasteiger partial charge in [-0.15, -0.1) is 0 Å². The minimum atomic E-state index is -0.691. The lowest BCUT2D eigenvalue weighted by Gasteiger charge is -2.10. The Balaban J connectivity index is 1.97. The zero-order chi connectivity index (χ0) is 22.8. The van der Waals surface area contributed by atoms with Crippen LogP contribution in [0, 0.1) is 0 Å². The van der Waals surface area contributed by atoms with E-state index in [2.05, 4.69) is 4.98 Å².